The summed E-state index contributed by atoms with van der Waals surface area (Å²) >= 11 is 1.37. The van der Waals surface area contributed by atoms with E-state index in [4.69, 9.17) is 15.2 Å². The number of hydrogen-bond acceptors (Lipinski definition) is 6. The molecule has 1 heterocycles. The molecule has 25 heavy (non-hydrogen) atoms. The minimum absolute atomic E-state index is 0. The molecule has 1 aliphatic carbocycles. The van der Waals surface area contributed by atoms with Crippen LogP contribution in [0.2, 0.25) is 0 Å². The highest BCUT2D eigenvalue weighted by molar-refractivity contribution is 7.14. The van der Waals surface area contributed by atoms with Gasteiger partial charge in [-0.3, -0.25) is 4.79 Å². The van der Waals surface area contributed by atoms with Crippen molar-refractivity contribution in [3.8, 4) is 22.8 Å². The molecule has 0 bridgehead atoms. The molecule has 1 aromatic carbocycles. The Balaban J connectivity index is 0.00000225. The highest BCUT2D eigenvalue weighted by Crippen LogP contribution is 2.35. The van der Waals surface area contributed by atoms with E-state index in [1.165, 1.54) is 11.3 Å². The molecule has 136 valence electrons. The zero-order valence-electron chi connectivity index (χ0n) is 14.2. The summed E-state index contributed by atoms with van der Waals surface area (Å²) in [5.41, 5.74) is 6.96. The van der Waals surface area contributed by atoms with Gasteiger partial charge in [0.2, 0.25) is 5.91 Å². The summed E-state index contributed by atoms with van der Waals surface area (Å²) in [6, 6.07) is 5.52. The number of nitrogens with zero attached hydrogens (tertiary/aromatic N) is 1. The summed E-state index contributed by atoms with van der Waals surface area (Å²) < 4.78 is 10.7. The summed E-state index contributed by atoms with van der Waals surface area (Å²) in [7, 11) is 3.22. The average molecular weight is 384 g/mol. The van der Waals surface area contributed by atoms with Crippen LogP contribution in [-0.4, -0.2) is 30.6 Å². The molecule has 0 unspecified atom stereocenters. The van der Waals surface area contributed by atoms with Crippen LogP contribution in [0.4, 0.5) is 5.13 Å². The number of carbonyl (C=O) groups is 1. The number of hydrogen-bond donors (Lipinski definition) is 2. The van der Waals surface area contributed by atoms with Crippen LogP contribution < -0.4 is 20.5 Å². The lowest BCUT2D eigenvalue weighted by Crippen LogP contribution is -2.48. The maximum Gasteiger partial charge on any atom is 0.246 e. The second-order valence-corrected chi connectivity index (χ2v) is 6.78. The third-order valence-electron chi connectivity index (χ3n) is 4.36. The van der Waals surface area contributed by atoms with Gasteiger partial charge in [-0.25, -0.2) is 4.98 Å². The van der Waals surface area contributed by atoms with Crippen molar-refractivity contribution in [2.24, 2.45) is 5.73 Å². The Morgan fingerprint density at radius 3 is 2.64 bits per heavy atom. The average Bonchev–Trinajstić information content (AvgIpc) is 3.24. The fourth-order valence-electron chi connectivity index (χ4n) is 2.92. The van der Waals surface area contributed by atoms with Crippen molar-refractivity contribution in [2.45, 2.75) is 31.2 Å². The van der Waals surface area contributed by atoms with Crippen LogP contribution in [0.5, 0.6) is 11.5 Å². The van der Waals surface area contributed by atoms with E-state index >= 15 is 0 Å². The van der Waals surface area contributed by atoms with Crippen LogP contribution in [0.25, 0.3) is 11.3 Å². The molecule has 1 fully saturated rings. The van der Waals surface area contributed by atoms with Crippen LogP contribution in [0.15, 0.2) is 23.6 Å². The first kappa shape index (κ1) is 19.5. The number of amides is 1. The lowest BCUT2D eigenvalue weighted by Gasteiger charge is -2.21. The van der Waals surface area contributed by atoms with Crippen molar-refractivity contribution >= 4 is 34.8 Å². The molecule has 8 heteroatoms. The lowest BCUT2D eigenvalue weighted by atomic mass is 9.98. The Hall–Kier alpha value is -1.83. The summed E-state index contributed by atoms with van der Waals surface area (Å²) in [6.07, 6.45) is 3.43. The van der Waals surface area contributed by atoms with Crippen molar-refractivity contribution < 1.29 is 14.3 Å². The molecule has 3 rings (SSSR count). The van der Waals surface area contributed by atoms with Gasteiger partial charge < -0.3 is 20.5 Å². The zero-order chi connectivity index (χ0) is 17.2. The van der Waals surface area contributed by atoms with Crippen molar-refractivity contribution in [3.63, 3.8) is 0 Å². The Morgan fingerprint density at radius 1 is 1.28 bits per heavy atom. The number of thiazole rings is 1. The number of anilines is 1. The number of halogens is 1. The molecular formula is C17H22ClN3O3S. The summed E-state index contributed by atoms with van der Waals surface area (Å²) in [5, 5.41) is 5.27. The highest BCUT2D eigenvalue weighted by atomic mass is 35.5. The molecule has 2 aromatic rings. The summed E-state index contributed by atoms with van der Waals surface area (Å²) in [5.74, 6) is 1.26. The van der Waals surface area contributed by atoms with Crippen molar-refractivity contribution in [1.82, 2.24) is 4.98 Å². The first-order chi connectivity index (χ1) is 11.6. The van der Waals surface area contributed by atoms with Gasteiger partial charge >= 0.3 is 0 Å². The Kier molecular flexibility index (Phi) is 6.26. The van der Waals surface area contributed by atoms with E-state index in [9.17, 15) is 4.79 Å². The minimum Gasteiger partial charge on any atom is -0.497 e. The van der Waals surface area contributed by atoms with Gasteiger partial charge in [-0.1, -0.05) is 12.8 Å². The number of methoxy groups -OCH3 is 2. The van der Waals surface area contributed by atoms with Crippen molar-refractivity contribution in [3.05, 3.63) is 23.6 Å². The van der Waals surface area contributed by atoms with Gasteiger partial charge in [-0.2, -0.15) is 0 Å². The Labute approximate surface area is 157 Å². The van der Waals surface area contributed by atoms with Gasteiger partial charge in [0.15, 0.2) is 5.13 Å². The molecule has 0 aliphatic heterocycles. The third-order valence-corrected chi connectivity index (χ3v) is 5.11. The molecule has 1 aromatic heterocycles. The minimum atomic E-state index is -0.764. The topological polar surface area (TPSA) is 86.5 Å². The quantitative estimate of drug-likeness (QED) is 0.825. The van der Waals surface area contributed by atoms with Gasteiger partial charge in [0, 0.05) is 10.9 Å². The van der Waals surface area contributed by atoms with E-state index in [1.54, 1.807) is 14.2 Å². The molecule has 0 atom stereocenters. The fourth-order valence-corrected chi connectivity index (χ4v) is 3.63. The lowest BCUT2D eigenvalue weighted by molar-refractivity contribution is -0.121. The van der Waals surface area contributed by atoms with Gasteiger partial charge in [-0.05, 0) is 31.0 Å². The van der Waals surface area contributed by atoms with E-state index < -0.39 is 5.54 Å². The van der Waals surface area contributed by atoms with Crippen molar-refractivity contribution in [2.75, 3.05) is 19.5 Å². The molecule has 1 aliphatic rings. The van der Waals surface area contributed by atoms with Gasteiger partial charge in [0.05, 0.1) is 25.5 Å². The second-order valence-electron chi connectivity index (χ2n) is 5.92. The van der Waals surface area contributed by atoms with Crippen LogP contribution in [0, 0.1) is 0 Å². The van der Waals surface area contributed by atoms with Gasteiger partial charge in [0.25, 0.3) is 0 Å². The number of aromatic nitrogens is 1. The number of nitrogens with one attached hydrogen (secondary N) is 1. The first-order valence-electron chi connectivity index (χ1n) is 7.84. The molecule has 0 saturated heterocycles. The molecule has 1 saturated carbocycles. The van der Waals surface area contributed by atoms with E-state index in [1.807, 2.05) is 23.6 Å². The SMILES string of the molecule is COc1ccc(OC)c(-c2csc(NC(=O)C3(N)CCCC3)n2)c1.Cl. The summed E-state index contributed by atoms with van der Waals surface area (Å²) in [4.78, 5) is 16.9. The Morgan fingerprint density at radius 2 is 2.00 bits per heavy atom. The standard InChI is InChI=1S/C17H21N3O3S.ClH/c1-22-11-5-6-14(23-2)12(9-11)13-10-24-16(19-13)20-15(21)17(18)7-3-4-8-17;/h5-6,9-10H,3-4,7-8,18H2,1-2H3,(H,19,20,21);1H. The van der Waals surface area contributed by atoms with E-state index in [-0.39, 0.29) is 18.3 Å². The summed E-state index contributed by atoms with van der Waals surface area (Å²) in [6.45, 7) is 0. The highest BCUT2D eigenvalue weighted by Gasteiger charge is 2.37. The molecule has 3 N–H and O–H groups in total. The largest absolute Gasteiger partial charge is 0.497 e. The van der Waals surface area contributed by atoms with Gasteiger partial charge in [0.1, 0.15) is 11.5 Å². The maximum absolute atomic E-state index is 12.4. The first-order valence-corrected chi connectivity index (χ1v) is 8.72. The molecule has 0 radical (unpaired) electrons. The smallest absolute Gasteiger partial charge is 0.246 e. The molecule has 0 spiro atoms. The van der Waals surface area contributed by atoms with E-state index in [0.717, 1.165) is 42.7 Å². The predicted molar refractivity (Wildman–Crippen MR) is 102 cm³/mol. The molecular weight excluding hydrogens is 362 g/mol. The third kappa shape index (κ3) is 4.05. The van der Waals surface area contributed by atoms with Gasteiger partial charge in [-0.15, -0.1) is 23.7 Å². The van der Waals surface area contributed by atoms with Crippen LogP contribution >= 0.6 is 23.7 Å². The molecule has 6 nitrogen and oxygen atoms in total. The van der Waals surface area contributed by atoms with Crippen LogP contribution in [0.1, 0.15) is 25.7 Å². The maximum atomic E-state index is 12.4. The monoisotopic (exact) mass is 383 g/mol. The van der Waals surface area contributed by atoms with E-state index in [0.29, 0.717) is 10.9 Å². The number of ether oxygens (including phenoxy) is 2. The predicted octanol–water partition coefficient (Wildman–Crippen LogP) is 3.46. The molecule has 1 amide bonds. The zero-order valence-corrected chi connectivity index (χ0v) is 15.8. The Bertz CT molecular complexity index is 744. The number of nitrogens with two attached hydrogens (primary N) is 1. The van der Waals surface area contributed by atoms with Crippen LogP contribution in [-0.2, 0) is 4.79 Å². The normalized spacial score (nSPS) is 15.3. The number of carbonyl (C=O) groups excluding carboxylic acids is 1. The second kappa shape index (κ2) is 8.03. The van der Waals surface area contributed by atoms with Crippen molar-refractivity contribution in [1.29, 1.82) is 0 Å². The van der Waals surface area contributed by atoms with E-state index in [2.05, 4.69) is 10.3 Å². The number of rotatable bonds is 5. The van der Waals surface area contributed by atoms with Crippen LogP contribution in [0.3, 0.4) is 0 Å². The fraction of sp³-hybridized carbons (Fsp3) is 0.412. The number of benzene rings is 1.